The van der Waals surface area contributed by atoms with Crippen LogP contribution in [0.5, 0.6) is 0 Å². The summed E-state index contributed by atoms with van der Waals surface area (Å²) in [6.45, 7) is 5.99. The second-order valence-electron chi connectivity index (χ2n) is 10.6. The Morgan fingerprint density at radius 2 is 1.36 bits per heavy atom. The average molecular weight is 629 g/mol. The minimum atomic E-state index is -1.28. The highest BCUT2D eigenvalue weighted by molar-refractivity contribution is 5.95. The number of guanidine groups is 1. The molecule has 0 aromatic heterocycles. The number of aliphatic carboxylic acids is 1. The molecule has 6 amide bonds. The number of carbonyl (C=O) groups is 7. The molecule has 5 atom stereocenters. The predicted molar refractivity (Wildman–Crippen MR) is 160 cm³/mol. The molecule has 0 heterocycles. The Hall–Kier alpha value is -4.48. The number of hydrogen-bond acceptors (Lipinski definition) is 9. The van der Waals surface area contributed by atoms with E-state index in [-0.39, 0.29) is 38.2 Å². The number of carboxylic acids is 1. The molecule has 0 aliphatic carbocycles. The number of hydrogen-bond donors (Lipinski definition) is 10. The molecule has 0 aliphatic rings. The second-order valence-corrected chi connectivity index (χ2v) is 10.6. The summed E-state index contributed by atoms with van der Waals surface area (Å²) >= 11 is 0. The molecule has 0 rings (SSSR count). The van der Waals surface area contributed by atoms with Gasteiger partial charge < -0.3 is 54.6 Å². The van der Waals surface area contributed by atoms with Crippen molar-refractivity contribution in [2.45, 2.75) is 84.0 Å². The summed E-state index contributed by atoms with van der Waals surface area (Å²) < 4.78 is 0. The lowest BCUT2D eigenvalue weighted by atomic mass is 9.96. The van der Waals surface area contributed by atoms with Crippen molar-refractivity contribution in [3.63, 3.8) is 0 Å². The number of nitrogens with one attached hydrogen (secondary N) is 5. The fraction of sp³-hybridized carbons (Fsp3) is 0.692. The Morgan fingerprint density at radius 1 is 0.773 bits per heavy atom. The van der Waals surface area contributed by atoms with Crippen molar-refractivity contribution in [3.8, 4) is 0 Å². The van der Waals surface area contributed by atoms with E-state index >= 15 is 0 Å². The highest BCUT2D eigenvalue weighted by Gasteiger charge is 2.33. The molecule has 18 heteroatoms. The Bertz CT molecular complexity index is 1050. The monoisotopic (exact) mass is 628 g/mol. The van der Waals surface area contributed by atoms with E-state index in [1.807, 2.05) is 0 Å². The maximum atomic E-state index is 13.3. The maximum Gasteiger partial charge on any atom is 0.326 e. The summed E-state index contributed by atoms with van der Waals surface area (Å²) in [5.74, 6) is -6.57. The smallest absolute Gasteiger partial charge is 0.326 e. The van der Waals surface area contributed by atoms with Crippen LogP contribution < -0.4 is 49.5 Å². The highest BCUT2D eigenvalue weighted by Crippen LogP contribution is 2.11. The molecule has 0 saturated carbocycles. The van der Waals surface area contributed by atoms with Crippen LogP contribution in [0.25, 0.3) is 0 Å². The Balaban J connectivity index is 5.48. The van der Waals surface area contributed by atoms with Gasteiger partial charge in [0.05, 0.1) is 13.1 Å². The van der Waals surface area contributed by atoms with Crippen LogP contribution in [0.4, 0.5) is 0 Å². The van der Waals surface area contributed by atoms with Crippen LogP contribution >= 0.6 is 0 Å². The van der Waals surface area contributed by atoms with Crippen LogP contribution in [0, 0.1) is 11.8 Å². The van der Waals surface area contributed by atoms with Crippen molar-refractivity contribution < 1.29 is 38.7 Å². The molecule has 0 aliphatic heterocycles. The van der Waals surface area contributed by atoms with E-state index in [0.29, 0.717) is 6.42 Å². The third-order valence-electron chi connectivity index (χ3n) is 6.56. The zero-order valence-electron chi connectivity index (χ0n) is 25.7. The lowest BCUT2D eigenvalue weighted by molar-refractivity contribution is -0.142. The van der Waals surface area contributed by atoms with E-state index in [9.17, 15) is 38.7 Å². The fourth-order valence-corrected chi connectivity index (χ4v) is 3.83. The zero-order valence-corrected chi connectivity index (χ0v) is 25.7. The molecular weight excluding hydrogens is 580 g/mol. The van der Waals surface area contributed by atoms with Gasteiger partial charge in [-0.1, -0.05) is 34.1 Å². The fourth-order valence-electron chi connectivity index (χ4n) is 3.83. The van der Waals surface area contributed by atoms with Crippen molar-refractivity contribution in [1.29, 1.82) is 0 Å². The van der Waals surface area contributed by atoms with Gasteiger partial charge in [0.25, 0.3) is 0 Å². The lowest BCUT2D eigenvalue weighted by Crippen LogP contribution is -2.60. The maximum absolute atomic E-state index is 13.3. The summed E-state index contributed by atoms with van der Waals surface area (Å²) in [5.41, 5.74) is 21.0. The standard InChI is InChI=1S/C26H48N10O8/c1-5-14(4)21(36-22(40)15(8-9-17(28)37)33-18(38)11-27)24(42)35-20(13(2)3)23(41)32-12-19(39)34-16(25(43)44)7-6-10-31-26(29)30/h13-16,20-21H,5-12,27H2,1-4H3,(H2,28,37)(H,32,41)(H,33,38)(H,34,39)(H,35,42)(H,36,40)(H,43,44)(H4,29,30,31)/t14-,15-,16-,20-,21-/m0/s1. The molecule has 250 valence electrons. The lowest BCUT2D eigenvalue weighted by Gasteiger charge is -2.29. The van der Waals surface area contributed by atoms with Gasteiger partial charge in [0.15, 0.2) is 5.96 Å². The summed E-state index contributed by atoms with van der Waals surface area (Å²) in [7, 11) is 0. The van der Waals surface area contributed by atoms with Gasteiger partial charge in [-0.25, -0.2) is 4.79 Å². The normalized spacial score (nSPS) is 14.1. The van der Waals surface area contributed by atoms with Crippen molar-refractivity contribution in [3.05, 3.63) is 0 Å². The van der Waals surface area contributed by atoms with Crippen molar-refractivity contribution in [2.75, 3.05) is 19.6 Å². The van der Waals surface area contributed by atoms with Crippen LogP contribution in [0.15, 0.2) is 4.99 Å². The van der Waals surface area contributed by atoms with Crippen LogP contribution in [0.3, 0.4) is 0 Å². The van der Waals surface area contributed by atoms with E-state index in [4.69, 9.17) is 22.9 Å². The van der Waals surface area contributed by atoms with Gasteiger partial charge in [0, 0.05) is 13.0 Å². The van der Waals surface area contributed by atoms with Crippen molar-refractivity contribution >= 4 is 47.4 Å². The molecule has 0 bridgehead atoms. The van der Waals surface area contributed by atoms with Gasteiger partial charge in [-0.15, -0.1) is 0 Å². The van der Waals surface area contributed by atoms with Crippen LogP contribution in [-0.2, 0) is 33.6 Å². The van der Waals surface area contributed by atoms with E-state index in [2.05, 4.69) is 31.6 Å². The molecular formula is C26H48N10O8. The first-order valence-electron chi connectivity index (χ1n) is 14.3. The number of carboxylic acid groups (broad SMARTS) is 1. The Morgan fingerprint density at radius 3 is 1.86 bits per heavy atom. The number of carbonyl (C=O) groups excluding carboxylic acids is 6. The van der Waals surface area contributed by atoms with E-state index in [1.54, 1.807) is 27.7 Å². The molecule has 0 spiro atoms. The number of rotatable bonds is 21. The molecule has 0 unspecified atom stereocenters. The molecule has 0 saturated heterocycles. The first-order valence-corrected chi connectivity index (χ1v) is 14.3. The molecule has 44 heavy (non-hydrogen) atoms. The predicted octanol–water partition coefficient (Wildman–Crippen LogP) is -3.89. The number of nitrogens with two attached hydrogens (primary N) is 4. The average Bonchev–Trinajstić information content (AvgIpc) is 2.95. The van der Waals surface area contributed by atoms with Gasteiger partial charge in [0.1, 0.15) is 24.2 Å². The van der Waals surface area contributed by atoms with Gasteiger partial charge in [0.2, 0.25) is 35.4 Å². The summed E-state index contributed by atoms with van der Waals surface area (Å²) in [6, 6.07) is -4.69. The SMILES string of the molecule is CC[C@H](C)[C@H](NC(=O)[C@H](CCC(N)=O)NC(=O)CN)C(=O)N[C@H](C(=O)NCC(=O)N[C@@H](CCCN=C(N)N)C(=O)O)C(C)C. The van der Waals surface area contributed by atoms with Crippen molar-refractivity contribution in [2.24, 2.45) is 39.8 Å². The molecule has 18 nitrogen and oxygen atoms in total. The van der Waals surface area contributed by atoms with Gasteiger partial charge in [-0.05, 0) is 31.1 Å². The largest absolute Gasteiger partial charge is 0.480 e. The quantitative estimate of drug-likeness (QED) is 0.0333. The number of amides is 6. The first kappa shape index (κ1) is 39.5. The first-order chi connectivity index (χ1) is 20.5. The van der Waals surface area contributed by atoms with E-state index in [1.165, 1.54) is 0 Å². The molecule has 14 N–H and O–H groups in total. The third-order valence-corrected chi connectivity index (χ3v) is 6.56. The minimum Gasteiger partial charge on any atom is -0.480 e. The minimum absolute atomic E-state index is 0.0402. The Labute approximate surface area is 256 Å². The molecule has 0 aromatic carbocycles. The van der Waals surface area contributed by atoms with Gasteiger partial charge in [-0.2, -0.15) is 0 Å². The molecule has 0 radical (unpaired) electrons. The summed E-state index contributed by atoms with van der Waals surface area (Å²) in [5, 5.41) is 21.7. The van der Waals surface area contributed by atoms with Gasteiger partial charge >= 0.3 is 5.97 Å². The van der Waals surface area contributed by atoms with Crippen molar-refractivity contribution in [1.82, 2.24) is 26.6 Å². The van der Waals surface area contributed by atoms with E-state index in [0.717, 1.165) is 0 Å². The van der Waals surface area contributed by atoms with E-state index < -0.39 is 90.5 Å². The number of nitrogens with zero attached hydrogens (tertiary/aromatic N) is 1. The van der Waals surface area contributed by atoms with Crippen LogP contribution in [0.1, 0.15) is 59.8 Å². The molecule has 0 fully saturated rings. The third kappa shape index (κ3) is 15.7. The summed E-state index contributed by atoms with van der Waals surface area (Å²) in [4.78, 5) is 90.1. The van der Waals surface area contributed by atoms with Crippen LogP contribution in [0.2, 0.25) is 0 Å². The second kappa shape index (κ2) is 20.4. The Kier molecular flexibility index (Phi) is 18.3. The highest BCUT2D eigenvalue weighted by atomic mass is 16.4. The topological polar surface area (TPSA) is 316 Å². The summed E-state index contributed by atoms with van der Waals surface area (Å²) in [6.07, 6.45) is 0.437. The zero-order chi connectivity index (χ0) is 34.0. The molecule has 0 aromatic rings. The number of primary amides is 1. The number of aliphatic imine (C=N–C) groups is 1. The van der Waals surface area contributed by atoms with Crippen LogP contribution in [-0.4, -0.2) is 96.3 Å². The van der Waals surface area contributed by atoms with Gasteiger partial charge in [-0.3, -0.25) is 33.8 Å².